The summed E-state index contributed by atoms with van der Waals surface area (Å²) in [5.74, 6) is -1.80. The van der Waals surface area contributed by atoms with E-state index in [1.54, 1.807) is 60.7 Å². The Morgan fingerprint density at radius 2 is 1.53 bits per heavy atom. The van der Waals surface area contributed by atoms with E-state index in [2.05, 4.69) is 31.9 Å². The lowest BCUT2D eigenvalue weighted by molar-refractivity contribution is -0.114. The Balaban J connectivity index is 1.33. The van der Waals surface area contributed by atoms with Crippen LogP contribution in [0.1, 0.15) is 15.9 Å². The lowest BCUT2D eigenvalue weighted by atomic mass is 10.0. The number of thioether (sulfide) groups is 1. The molecule has 0 saturated heterocycles. The first-order valence-corrected chi connectivity index (χ1v) is 15.0. The van der Waals surface area contributed by atoms with Crippen molar-refractivity contribution in [2.24, 2.45) is 0 Å². The van der Waals surface area contributed by atoms with Gasteiger partial charge in [0.1, 0.15) is 11.5 Å². The number of fused-ring (bicyclic) bond motifs is 1. The van der Waals surface area contributed by atoms with Gasteiger partial charge in [-0.15, -0.1) is 11.8 Å². The van der Waals surface area contributed by atoms with Crippen LogP contribution in [0.5, 0.6) is 0 Å². The van der Waals surface area contributed by atoms with E-state index in [9.17, 15) is 18.8 Å². The van der Waals surface area contributed by atoms with Crippen molar-refractivity contribution in [3.8, 4) is 0 Å². The average molecular weight is 655 g/mol. The summed E-state index contributed by atoms with van der Waals surface area (Å²) in [6.07, 6.45) is 1.66. The molecule has 0 bridgehead atoms. The molecule has 43 heavy (non-hydrogen) atoms. The quantitative estimate of drug-likeness (QED) is 0.112. The van der Waals surface area contributed by atoms with Crippen molar-refractivity contribution in [2.75, 3.05) is 16.4 Å². The number of halogens is 2. The summed E-state index contributed by atoms with van der Waals surface area (Å²) in [6, 6.07) is 33.6. The van der Waals surface area contributed by atoms with Gasteiger partial charge in [-0.3, -0.25) is 14.4 Å². The Morgan fingerprint density at radius 3 is 2.35 bits per heavy atom. The van der Waals surface area contributed by atoms with Crippen molar-refractivity contribution in [2.45, 2.75) is 4.90 Å². The Bertz CT molecular complexity index is 1840. The van der Waals surface area contributed by atoms with Crippen LogP contribution < -0.4 is 16.0 Å². The van der Waals surface area contributed by atoms with Gasteiger partial charge in [0, 0.05) is 20.6 Å². The minimum atomic E-state index is -0.538. The number of hydrogen-bond acceptors (Lipinski definition) is 4. The summed E-state index contributed by atoms with van der Waals surface area (Å²) < 4.78 is 14.7. The van der Waals surface area contributed by atoms with Crippen LogP contribution in [0.15, 0.2) is 130 Å². The molecule has 0 aliphatic heterocycles. The summed E-state index contributed by atoms with van der Waals surface area (Å²) in [7, 11) is 0. The van der Waals surface area contributed by atoms with Gasteiger partial charge in [-0.1, -0.05) is 82.7 Å². The van der Waals surface area contributed by atoms with Gasteiger partial charge in [0.2, 0.25) is 5.91 Å². The first-order chi connectivity index (χ1) is 20.9. The molecule has 0 radical (unpaired) electrons. The molecule has 0 heterocycles. The smallest absolute Gasteiger partial charge is 0.272 e. The molecule has 0 atom stereocenters. The third-order valence-electron chi connectivity index (χ3n) is 6.32. The van der Waals surface area contributed by atoms with Crippen LogP contribution in [-0.4, -0.2) is 23.5 Å². The fourth-order valence-corrected chi connectivity index (χ4v) is 5.35. The molecule has 0 aromatic heterocycles. The molecule has 5 rings (SSSR count). The lowest BCUT2D eigenvalue weighted by Gasteiger charge is -2.13. The number of hydrogen-bond donors (Lipinski definition) is 3. The number of rotatable bonds is 9. The molecule has 0 fully saturated rings. The molecular formula is C34H25BrFN3O3S. The van der Waals surface area contributed by atoms with E-state index in [1.807, 2.05) is 48.5 Å². The highest BCUT2D eigenvalue weighted by Gasteiger charge is 2.16. The summed E-state index contributed by atoms with van der Waals surface area (Å²) in [4.78, 5) is 39.7. The number of benzene rings is 5. The van der Waals surface area contributed by atoms with Crippen LogP contribution in [0.3, 0.4) is 0 Å². The zero-order chi connectivity index (χ0) is 30.2. The van der Waals surface area contributed by atoms with Crippen molar-refractivity contribution < 1.29 is 18.8 Å². The van der Waals surface area contributed by atoms with Gasteiger partial charge in [0.15, 0.2) is 0 Å². The monoisotopic (exact) mass is 653 g/mol. The Morgan fingerprint density at radius 1 is 0.791 bits per heavy atom. The van der Waals surface area contributed by atoms with Crippen molar-refractivity contribution >= 4 is 73.6 Å². The van der Waals surface area contributed by atoms with Gasteiger partial charge in [-0.25, -0.2) is 4.39 Å². The predicted molar refractivity (Wildman–Crippen MR) is 174 cm³/mol. The second kappa shape index (κ2) is 14.0. The molecule has 0 aliphatic rings. The minimum Gasteiger partial charge on any atom is -0.323 e. The standard InChI is InChI=1S/C34H25BrFN3O3S/c35-25-16-17-30(29(36)19-25)38-32(40)21-43-27-14-7-13-26(20-27)37-34(42)31(39-33(41)23-9-2-1-3-10-23)18-24-12-6-11-22-8-4-5-15-28(22)24/h1-20H,21H2,(H,37,42)(H,38,40)(H,39,41)/b31-18+. The molecule has 214 valence electrons. The van der Waals surface area contributed by atoms with E-state index in [4.69, 9.17) is 0 Å². The molecule has 0 spiro atoms. The molecule has 0 aliphatic carbocycles. The summed E-state index contributed by atoms with van der Waals surface area (Å²) in [5, 5.41) is 10.1. The minimum absolute atomic E-state index is 0.0340. The fraction of sp³-hybridized carbons (Fsp3) is 0.0294. The number of carbonyl (C=O) groups excluding carboxylic acids is 3. The van der Waals surface area contributed by atoms with Crippen LogP contribution in [0.25, 0.3) is 16.8 Å². The molecule has 5 aromatic rings. The van der Waals surface area contributed by atoms with Gasteiger partial charge >= 0.3 is 0 Å². The molecule has 5 aromatic carbocycles. The van der Waals surface area contributed by atoms with E-state index in [-0.39, 0.29) is 23.0 Å². The fourth-order valence-electron chi connectivity index (χ4n) is 4.26. The van der Waals surface area contributed by atoms with Crippen molar-refractivity contribution in [1.29, 1.82) is 0 Å². The van der Waals surface area contributed by atoms with E-state index < -0.39 is 17.6 Å². The van der Waals surface area contributed by atoms with E-state index in [0.29, 0.717) is 15.7 Å². The topological polar surface area (TPSA) is 87.3 Å². The van der Waals surface area contributed by atoms with Crippen LogP contribution in [0, 0.1) is 5.82 Å². The highest BCUT2D eigenvalue weighted by molar-refractivity contribution is 9.10. The number of nitrogens with one attached hydrogen (secondary N) is 3. The van der Waals surface area contributed by atoms with Crippen molar-refractivity contribution in [3.05, 3.63) is 142 Å². The van der Waals surface area contributed by atoms with Crippen LogP contribution in [0.2, 0.25) is 0 Å². The van der Waals surface area contributed by atoms with E-state index in [1.165, 1.54) is 23.9 Å². The van der Waals surface area contributed by atoms with Gasteiger partial charge in [-0.2, -0.15) is 0 Å². The summed E-state index contributed by atoms with van der Waals surface area (Å²) in [6.45, 7) is 0. The van der Waals surface area contributed by atoms with Crippen LogP contribution >= 0.6 is 27.7 Å². The lowest BCUT2D eigenvalue weighted by Crippen LogP contribution is -2.30. The third kappa shape index (κ3) is 7.97. The predicted octanol–water partition coefficient (Wildman–Crippen LogP) is 7.88. The number of amides is 3. The second-order valence-corrected chi connectivity index (χ2v) is 11.4. The Kier molecular flexibility index (Phi) is 9.66. The first-order valence-electron chi connectivity index (χ1n) is 13.2. The Hall–Kier alpha value is -4.73. The molecule has 3 amide bonds. The molecule has 6 nitrogen and oxygen atoms in total. The van der Waals surface area contributed by atoms with Crippen LogP contribution in [-0.2, 0) is 9.59 Å². The second-order valence-electron chi connectivity index (χ2n) is 9.39. The van der Waals surface area contributed by atoms with Crippen LogP contribution in [0.4, 0.5) is 15.8 Å². The van der Waals surface area contributed by atoms with Gasteiger partial charge in [0.05, 0.1) is 11.4 Å². The van der Waals surface area contributed by atoms with Crippen molar-refractivity contribution in [3.63, 3.8) is 0 Å². The highest BCUT2D eigenvalue weighted by Crippen LogP contribution is 2.25. The SMILES string of the molecule is O=C(CSc1cccc(NC(=O)/C(=C\c2cccc3ccccc23)NC(=O)c2ccccc2)c1)Nc1ccc(Br)cc1F. The molecule has 0 unspecified atom stereocenters. The average Bonchev–Trinajstić information content (AvgIpc) is 3.02. The third-order valence-corrected chi connectivity index (χ3v) is 7.81. The van der Waals surface area contributed by atoms with Gasteiger partial charge < -0.3 is 16.0 Å². The number of anilines is 2. The normalized spacial score (nSPS) is 11.2. The van der Waals surface area contributed by atoms with E-state index >= 15 is 0 Å². The molecular weight excluding hydrogens is 629 g/mol. The first kappa shape index (κ1) is 29.8. The van der Waals surface area contributed by atoms with Gasteiger partial charge in [0.25, 0.3) is 11.8 Å². The summed E-state index contributed by atoms with van der Waals surface area (Å²) in [5.41, 5.74) is 1.83. The van der Waals surface area contributed by atoms with Crippen molar-refractivity contribution in [1.82, 2.24) is 5.32 Å². The maximum absolute atomic E-state index is 14.1. The Labute approximate surface area is 260 Å². The number of carbonyl (C=O) groups is 3. The zero-order valence-electron chi connectivity index (χ0n) is 22.6. The summed E-state index contributed by atoms with van der Waals surface area (Å²) >= 11 is 4.43. The van der Waals surface area contributed by atoms with E-state index in [0.717, 1.165) is 21.2 Å². The van der Waals surface area contributed by atoms with Gasteiger partial charge in [-0.05, 0) is 70.9 Å². The molecule has 3 N–H and O–H groups in total. The molecule has 9 heteroatoms. The molecule has 0 saturated carbocycles. The zero-order valence-corrected chi connectivity index (χ0v) is 25.0. The maximum Gasteiger partial charge on any atom is 0.272 e. The maximum atomic E-state index is 14.1. The largest absolute Gasteiger partial charge is 0.323 e. The highest BCUT2D eigenvalue weighted by atomic mass is 79.9.